The second-order valence-corrected chi connectivity index (χ2v) is 7.23. The number of nitrogens with zero attached hydrogens (tertiary/aromatic N) is 2. The molecule has 0 atom stereocenters. The van der Waals surface area contributed by atoms with Crippen molar-refractivity contribution >= 4 is 50.9 Å². The Labute approximate surface area is 140 Å². The van der Waals surface area contributed by atoms with Crippen LogP contribution in [0, 0.1) is 6.92 Å². The highest BCUT2D eigenvalue weighted by Gasteiger charge is 2.13. The van der Waals surface area contributed by atoms with Gasteiger partial charge in [0, 0.05) is 6.20 Å². The van der Waals surface area contributed by atoms with Gasteiger partial charge in [-0.05, 0) is 42.4 Å². The van der Waals surface area contributed by atoms with Crippen LogP contribution in [0.15, 0.2) is 39.8 Å². The molecule has 0 aliphatic carbocycles. The van der Waals surface area contributed by atoms with Crippen molar-refractivity contribution in [1.29, 1.82) is 0 Å². The highest BCUT2D eigenvalue weighted by atomic mass is 35.5. The van der Waals surface area contributed by atoms with Gasteiger partial charge in [-0.1, -0.05) is 17.7 Å². The third kappa shape index (κ3) is 3.09. The van der Waals surface area contributed by atoms with Gasteiger partial charge >= 0.3 is 5.97 Å². The Hall–Kier alpha value is -1.63. The molecule has 0 aliphatic rings. The van der Waals surface area contributed by atoms with E-state index >= 15 is 0 Å². The van der Waals surface area contributed by atoms with Crippen LogP contribution < -0.4 is 0 Å². The summed E-state index contributed by atoms with van der Waals surface area (Å²) in [5, 5.41) is 1.02. The van der Waals surface area contributed by atoms with Gasteiger partial charge in [-0.3, -0.25) is 0 Å². The molecule has 4 nitrogen and oxygen atoms in total. The minimum atomic E-state index is -0.457. The number of benzene rings is 1. The normalized spacial score (nSPS) is 10.9. The molecule has 112 valence electrons. The van der Waals surface area contributed by atoms with E-state index in [0.717, 1.165) is 14.6 Å². The number of methoxy groups -OCH3 is 1. The van der Waals surface area contributed by atoms with E-state index in [1.165, 1.54) is 30.6 Å². The lowest BCUT2D eigenvalue weighted by molar-refractivity contribution is 0.0600. The van der Waals surface area contributed by atoms with Gasteiger partial charge in [0.2, 0.25) is 0 Å². The number of hydrogen-bond donors (Lipinski definition) is 0. The number of aryl methyl sites for hydroxylation is 1. The van der Waals surface area contributed by atoms with Crippen LogP contribution in [0.3, 0.4) is 0 Å². The van der Waals surface area contributed by atoms with Gasteiger partial charge in [0.25, 0.3) is 0 Å². The summed E-state index contributed by atoms with van der Waals surface area (Å²) < 4.78 is 6.63. The Kier molecular flexibility index (Phi) is 4.33. The molecule has 0 saturated heterocycles. The Bertz CT molecular complexity index is 864. The first-order valence-corrected chi connectivity index (χ1v) is 8.37. The molecule has 7 heteroatoms. The van der Waals surface area contributed by atoms with Crippen LogP contribution >= 0.6 is 34.7 Å². The van der Waals surface area contributed by atoms with Crippen LogP contribution in [-0.4, -0.2) is 23.0 Å². The predicted molar refractivity (Wildman–Crippen MR) is 89.1 cm³/mol. The average molecular weight is 351 g/mol. The summed E-state index contributed by atoms with van der Waals surface area (Å²) in [6.45, 7) is 2.04. The van der Waals surface area contributed by atoms with Crippen molar-refractivity contribution in [2.45, 2.75) is 16.3 Å². The van der Waals surface area contributed by atoms with Crippen LogP contribution in [0.1, 0.15) is 15.9 Å². The third-order valence-electron chi connectivity index (χ3n) is 2.94. The number of hydrogen-bond acceptors (Lipinski definition) is 6. The maximum Gasteiger partial charge on any atom is 0.339 e. The van der Waals surface area contributed by atoms with Crippen molar-refractivity contribution < 1.29 is 9.53 Å². The Balaban J connectivity index is 1.89. The van der Waals surface area contributed by atoms with Gasteiger partial charge in [0.05, 0.1) is 27.9 Å². The number of pyridine rings is 1. The lowest BCUT2D eigenvalue weighted by Crippen LogP contribution is -2.02. The zero-order valence-electron chi connectivity index (χ0n) is 11.8. The fourth-order valence-electron chi connectivity index (χ4n) is 1.87. The van der Waals surface area contributed by atoms with E-state index in [9.17, 15) is 4.79 Å². The zero-order chi connectivity index (χ0) is 15.7. The molecule has 0 radical (unpaired) electrons. The van der Waals surface area contributed by atoms with Crippen molar-refractivity contribution in [3.8, 4) is 0 Å². The number of halogens is 1. The molecule has 0 aliphatic heterocycles. The number of ether oxygens (including phenoxy) is 1. The van der Waals surface area contributed by atoms with Gasteiger partial charge in [-0.25, -0.2) is 14.8 Å². The topological polar surface area (TPSA) is 52.1 Å². The van der Waals surface area contributed by atoms with Gasteiger partial charge < -0.3 is 4.74 Å². The first kappa shape index (κ1) is 15.3. The van der Waals surface area contributed by atoms with E-state index in [1.807, 2.05) is 13.0 Å². The number of carbonyl (C=O) groups is 1. The van der Waals surface area contributed by atoms with E-state index in [2.05, 4.69) is 26.8 Å². The Morgan fingerprint density at radius 2 is 2.18 bits per heavy atom. The van der Waals surface area contributed by atoms with E-state index in [1.54, 1.807) is 17.4 Å². The van der Waals surface area contributed by atoms with Gasteiger partial charge in [-0.2, -0.15) is 0 Å². The van der Waals surface area contributed by atoms with Crippen LogP contribution in [0.4, 0.5) is 0 Å². The first-order chi connectivity index (χ1) is 10.6. The van der Waals surface area contributed by atoms with Gasteiger partial charge in [-0.15, -0.1) is 11.3 Å². The number of thiazole rings is 1. The molecular formula is C15H11ClN2O2S2. The molecule has 2 heterocycles. The highest BCUT2D eigenvalue weighted by molar-refractivity contribution is 8.01. The minimum absolute atomic E-state index is 0.330. The summed E-state index contributed by atoms with van der Waals surface area (Å²) in [5.41, 5.74) is 2.47. The second-order valence-electron chi connectivity index (χ2n) is 4.56. The van der Waals surface area contributed by atoms with E-state index in [0.29, 0.717) is 15.6 Å². The summed E-state index contributed by atoms with van der Waals surface area (Å²) in [7, 11) is 1.32. The van der Waals surface area contributed by atoms with Gasteiger partial charge in [0.15, 0.2) is 4.34 Å². The molecule has 0 bridgehead atoms. The molecule has 3 aromatic rings. The van der Waals surface area contributed by atoms with Crippen LogP contribution in [0.5, 0.6) is 0 Å². The summed E-state index contributed by atoms with van der Waals surface area (Å²) in [6.07, 6.45) is 1.46. The molecule has 0 fully saturated rings. The second kappa shape index (κ2) is 6.24. The fourth-order valence-corrected chi connectivity index (χ4v) is 4.08. The van der Waals surface area contributed by atoms with Gasteiger partial charge in [0.1, 0.15) is 5.03 Å². The number of aromatic nitrogens is 2. The lowest BCUT2D eigenvalue weighted by Gasteiger charge is -2.03. The summed E-state index contributed by atoms with van der Waals surface area (Å²) in [5.74, 6) is -0.457. The van der Waals surface area contributed by atoms with Crippen molar-refractivity contribution in [1.82, 2.24) is 9.97 Å². The summed E-state index contributed by atoms with van der Waals surface area (Å²) in [6, 6.07) is 7.72. The molecule has 0 unspecified atom stereocenters. The standard InChI is InChI=1S/C15H11ClN2O2S2/c1-8-3-4-12-11(5-8)18-15(21-12)22-13-10(16)6-9(7-17-13)14(19)20-2/h3-7H,1-2H3. The van der Waals surface area contributed by atoms with Crippen LogP contribution in [0.2, 0.25) is 5.02 Å². The molecule has 22 heavy (non-hydrogen) atoms. The van der Waals surface area contributed by atoms with Crippen molar-refractivity contribution in [3.05, 3.63) is 46.6 Å². The zero-order valence-corrected chi connectivity index (χ0v) is 14.2. The maximum atomic E-state index is 11.4. The van der Waals surface area contributed by atoms with Crippen LogP contribution in [-0.2, 0) is 4.74 Å². The fraction of sp³-hybridized carbons (Fsp3) is 0.133. The van der Waals surface area contributed by atoms with E-state index in [4.69, 9.17) is 11.6 Å². The molecule has 0 N–H and O–H groups in total. The molecular weight excluding hydrogens is 340 g/mol. The molecule has 3 rings (SSSR count). The average Bonchev–Trinajstić information content (AvgIpc) is 2.90. The third-order valence-corrected chi connectivity index (χ3v) is 5.45. The highest BCUT2D eigenvalue weighted by Crippen LogP contribution is 2.36. The van der Waals surface area contributed by atoms with Crippen molar-refractivity contribution in [2.75, 3.05) is 7.11 Å². The predicted octanol–water partition coefficient (Wildman–Crippen LogP) is 4.59. The Morgan fingerprint density at radius 1 is 1.36 bits per heavy atom. The molecule has 0 saturated carbocycles. The Morgan fingerprint density at radius 3 is 2.91 bits per heavy atom. The largest absolute Gasteiger partial charge is 0.465 e. The number of carbonyl (C=O) groups excluding carboxylic acids is 1. The number of esters is 1. The monoisotopic (exact) mass is 350 g/mol. The van der Waals surface area contributed by atoms with Crippen molar-refractivity contribution in [3.63, 3.8) is 0 Å². The summed E-state index contributed by atoms with van der Waals surface area (Å²) in [4.78, 5) is 20.2. The SMILES string of the molecule is COC(=O)c1cnc(Sc2nc3cc(C)ccc3s2)c(Cl)c1. The summed E-state index contributed by atoms with van der Waals surface area (Å²) >= 11 is 9.16. The smallest absolute Gasteiger partial charge is 0.339 e. The molecule has 0 amide bonds. The number of fused-ring (bicyclic) bond motifs is 1. The lowest BCUT2D eigenvalue weighted by atomic mass is 10.2. The molecule has 0 spiro atoms. The van der Waals surface area contributed by atoms with Crippen molar-refractivity contribution in [2.24, 2.45) is 0 Å². The van der Waals surface area contributed by atoms with E-state index < -0.39 is 5.97 Å². The maximum absolute atomic E-state index is 11.4. The number of rotatable bonds is 3. The quantitative estimate of drug-likeness (QED) is 0.646. The minimum Gasteiger partial charge on any atom is -0.465 e. The molecule has 1 aromatic carbocycles. The van der Waals surface area contributed by atoms with E-state index in [-0.39, 0.29) is 0 Å². The molecule has 2 aromatic heterocycles. The first-order valence-electron chi connectivity index (χ1n) is 6.36. The van der Waals surface area contributed by atoms with Crippen LogP contribution in [0.25, 0.3) is 10.2 Å².